The summed E-state index contributed by atoms with van der Waals surface area (Å²) in [6.07, 6.45) is 2.48. The van der Waals surface area contributed by atoms with Gasteiger partial charge in [0, 0.05) is 35.7 Å². The number of Topliss-reactive ketones (excluding diaryl/α,β-unsaturated/α-hetero) is 1. The normalized spacial score (nSPS) is 14.0. The molecule has 2 heterocycles. The van der Waals surface area contributed by atoms with Gasteiger partial charge in [0.25, 0.3) is 5.91 Å². The van der Waals surface area contributed by atoms with Crippen LogP contribution in [-0.4, -0.2) is 29.8 Å². The third-order valence-electron chi connectivity index (χ3n) is 4.61. The van der Waals surface area contributed by atoms with Crippen molar-refractivity contribution in [3.05, 3.63) is 46.8 Å². The summed E-state index contributed by atoms with van der Waals surface area (Å²) in [6, 6.07) is 7.91. The number of nitrogens with one attached hydrogen (secondary N) is 2. The van der Waals surface area contributed by atoms with E-state index in [1.807, 2.05) is 31.2 Å². The average molecular weight is 325 g/mol. The Balaban J connectivity index is 1.75. The zero-order chi connectivity index (χ0) is 17.3. The molecule has 1 aromatic carbocycles. The number of aromatic amines is 1. The Morgan fingerprint density at radius 3 is 2.25 bits per heavy atom. The summed E-state index contributed by atoms with van der Waals surface area (Å²) in [5.74, 6) is -0.257. The van der Waals surface area contributed by atoms with Gasteiger partial charge in [0.15, 0.2) is 5.78 Å². The van der Waals surface area contributed by atoms with Crippen LogP contribution in [0, 0.1) is 13.8 Å². The van der Waals surface area contributed by atoms with Crippen molar-refractivity contribution in [2.45, 2.75) is 33.6 Å². The number of amides is 1. The summed E-state index contributed by atoms with van der Waals surface area (Å²) in [4.78, 5) is 29.6. The molecule has 5 nitrogen and oxygen atoms in total. The predicted molar refractivity (Wildman–Crippen MR) is 96.1 cm³/mol. The summed E-state index contributed by atoms with van der Waals surface area (Å²) >= 11 is 0. The lowest BCUT2D eigenvalue weighted by Gasteiger charge is -2.17. The zero-order valence-electron chi connectivity index (χ0n) is 14.4. The number of benzene rings is 1. The average Bonchev–Trinajstić information content (AvgIpc) is 3.16. The van der Waals surface area contributed by atoms with E-state index in [0.29, 0.717) is 16.8 Å². The van der Waals surface area contributed by atoms with Crippen LogP contribution in [0.5, 0.6) is 0 Å². The molecule has 0 spiro atoms. The molecule has 1 amide bonds. The van der Waals surface area contributed by atoms with E-state index < -0.39 is 0 Å². The van der Waals surface area contributed by atoms with Crippen LogP contribution < -0.4 is 10.2 Å². The third-order valence-corrected chi connectivity index (χ3v) is 4.61. The number of aromatic nitrogens is 1. The monoisotopic (exact) mass is 325 g/mol. The molecule has 2 aromatic rings. The van der Waals surface area contributed by atoms with Crippen LogP contribution in [0.25, 0.3) is 0 Å². The molecule has 126 valence electrons. The Morgan fingerprint density at radius 2 is 1.71 bits per heavy atom. The minimum absolute atomic E-state index is 0.0322. The first-order chi connectivity index (χ1) is 11.5. The molecule has 1 aromatic heterocycles. The van der Waals surface area contributed by atoms with E-state index in [-0.39, 0.29) is 11.7 Å². The Morgan fingerprint density at radius 1 is 1.08 bits per heavy atom. The van der Waals surface area contributed by atoms with Gasteiger partial charge in [-0.05, 0) is 63.4 Å². The quantitative estimate of drug-likeness (QED) is 0.843. The lowest BCUT2D eigenvalue weighted by molar-refractivity contribution is 0.101. The molecule has 1 aliphatic heterocycles. The van der Waals surface area contributed by atoms with Crippen LogP contribution in [-0.2, 0) is 0 Å². The number of ketones is 1. The zero-order valence-corrected chi connectivity index (χ0v) is 14.4. The molecule has 1 aliphatic rings. The van der Waals surface area contributed by atoms with E-state index >= 15 is 0 Å². The van der Waals surface area contributed by atoms with Crippen LogP contribution in [0.2, 0.25) is 0 Å². The fraction of sp³-hybridized carbons (Fsp3) is 0.368. The van der Waals surface area contributed by atoms with Crippen molar-refractivity contribution in [3.63, 3.8) is 0 Å². The number of nitrogens with zero attached hydrogens (tertiary/aromatic N) is 1. The Hall–Kier alpha value is -2.56. The molecule has 24 heavy (non-hydrogen) atoms. The van der Waals surface area contributed by atoms with Gasteiger partial charge in [0.2, 0.25) is 0 Å². The van der Waals surface area contributed by atoms with E-state index in [1.165, 1.54) is 25.5 Å². The highest BCUT2D eigenvalue weighted by Gasteiger charge is 2.20. The van der Waals surface area contributed by atoms with Gasteiger partial charge < -0.3 is 15.2 Å². The maximum atomic E-state index is 12.5. The molecule has 1 saturated heterocycles. The molecule has 0 unspecified atom stereocenters. The highest BCUT2D eigenvalue weighted by Crippen LogP contribution is 2.23. The van der Waals surface area contributed by atoms with Gasteiger partial charge in [-0.1, -0.05) is 0 Å². The van der Waals surface area contributed by atoms with Gasteiger partial charge in [-0.3, -0.25) is 9.59 Å². The van der Waals surface area contributed by atoms with Gasteiger partial charge >= 0.3 is 0 Å². The van der Waals surface area contributed by atoms with Gasteiger partial charge in [-0.25, -0.2) is 0 Å². The fourth-order valence-electron chi connectivity index (χ4n) is 3.43. The second kappa shape index (κ2) is 6.51. The molecule has 0 atom stereocenters. The lowest BCUT2D eigenvalue weighted by Crippen LogP contribution is -2.17. The molecule has 1 fully saturated rings. The SMILES string of the molecule is CC(=O)c1c(C)[nH]c(C(=O)Nc2ccc(N3CCCC3)cc2)c1C. The molecule has 0 saturated carbocycles. The van der Waals surface area contributed by atoms with Gasteiger partial charge in [0.1, 0.15) is 5.69 Å². The summed E-state index contributed by atoms with van der Waals surface area (Å²) in [7, 11) is 0. The molecule has 0 radical (unpaired) electrons. The summed E-state index contributed by atoms with van der Waals surface area (Å²) in [5, 5.41) is 2.90. The van der Waals surface area contributed by atoms with Crippen molar-refractivity contribution in [2.75, 3.05) is 23.3 Å². The molecular weight excluding hydrogens is 302 g/mol. The summed E-state index contributed by atoms with van der Waals surface area (Å²) < 4.78 is 0. The minimum atomic E-state index is -0.225. The predicted octanol–water partition coefficient (Wildman–Crippen LogP) is 3.69. The first-order valence-corrected chi connectivity index (χ1v) is 8.34. The smallest absolute Gasteiger partial charge is 0.272 e. The van der Waals surface area contributed by atoms with Gasteiger partial charge in [0.05, 0.1) is 0 Å². The van der Waals surface area contributed by atoms with Gasteiger partial charge in [-0.2, -0.15) is 0 Å². The van der Waals surface area contributed by atoms with Crippen LogP contribution in [0.3, 0.4) is 0 Å². The van der Waals surface area contributed by atoms with E-state index in [2.05, 4.69) is 15.2 Å². The second-order valence-corrected chi connectivity index (χ2v) is 6.38. The van der Waals surface area contributed by atoms with Crippen LogP contribution in [0.1, 0.15) is 51.9 Å². The molecule has 0 aliphatic carbocycles. The first kappa shape index (κ1) is 16.3. The molecule has 3 rings (SSSR count). The number of rotatable bonds is 4. The van der Waals surface area contributed by atoms with Crippen LogP contribution >= 0.6 is 0 Å². The Kier molecular flexibility index (Phi) is 4.42. The summed E-state index contributed by atoms with van der Waals surface area (Å²) in [5.41, 5.74) is 4.42. The summed E-state index contributed by atoms with van der Waals surface area (Å²) in [6.45, 7) is 7.32. The number of H-pyrrole nitrogens is 1. The molecule has 5 heteroatoms. The Labute approximate surface area is 142 Å². The highest BCUT2D eigenvalue weighted by atomic mass is 16.2. The van der Waals surface area contributed by atoms with E-state index in [1.54, 1.807) is 6.92 Å². The maximum Gasteiger partial charge on any atom is 0.272 e. The Bertz CT molecular complexity index is 769. The minimum Gasteiger partial charge on any atom is -0.372 e. The molecule has 0 bridgehead atoms. The number of anilines is 2. The standard InChI is InChI=1S/C19H23N3O2/c1-12-17(14(3)23)13(2)20-18(12)19(24)21-15-6-8-16(9-7-15)22-10-4-5-11-22/h6-9,20H,4-5,10-11H2,1-3H3,(H,21,24). The number of carbonyl (C=O) groups excluding carboxylic acids is 2. The lowest BCUT2D eigenvalue weighted by atomic mass is 10.1. The van der Waals surface area contributed by atoms with Crippen molar-refractivity contribution < 1.29 is 9.59 Å². The van der Waals surface area contributed by atoms with Crippen molar-refractivity contribution in [1.29, 1.82) is 0 Å². The van der Waals surface area contributed by atoms with Crippen molar-refractivity contribution in [2.24, 2.45) is 0 Å². The van der Waals surface area contributed by atoms with Gasteiger partial charge in [-0.15, -0.1) is 0 Å². The topological polar surface area (TPSA) is 65.2 Å². The number of hydrogen-bond donors (Lipinski definition) is 2. The largest absolute Gasteiger partial charge is 0.372 e. The highest BCUT2D eigenvalue weighted by molar-refractivity contribution is 6.07. The maximum absolute atomic E-state index is 12.5. The number of aryl methyl sites for hydroxylation is 1. The van der Waals surface area contributed by atoms with Crippen molar-refractivity contribution in [3.8, 4) is 0 Å². The van der Waals surface area contributed by atoms with Crippen molar-refractivity contribution >= 4 is 23.1 Å². The third kappa shape index (κ3) is 3.07. The van der Waals surface area contributed by atoms with Crippen LogP contribution in [0.4, 0.5) is 11.4 Å². The van der Waals surface area contributed by atoms with E-state index in [9.17, 15) is 9.59 Å². The number of hydrogen-bond acceptors (Lipinski definition) is 3. The fourth-order valence-corrected chi connectivity index (χ4v) is 3.43. The van der Waals surface area contributed by atoms with Crippen molar-refractivity contribution in [1.82, 2.24) is 4.98 Å². The molecular formula is C19H23N3O2. The van der Waals surface area contributed by atoms with E-state index in [4.69, 9.17) is 0 Å². The second-order valence-electron chi connectivity index (χ2n) is 6.38. The first-order valence-electron chi connectivity index (χ1n) is 8.34. The number of carbonyl (C=O) groups is 2. The van der Waals surface area contributed by atoms with E-state index in [0.717, 1.165) is 24.5 Å². The van der Waals surface area contributed by atoms with Crippen LogP contribution in [0.15, 0.2) is 24.3 Å². The molecule has 2 N–H and O–H groups in total.